The van der Waals surface area contributed by atoms with Gasteiger partial charge in [0.1, 0.15) is 6.61 Å². The van der Waals surface area contributed by atoms with E-state index >= 15 is 0 Å². The fourth-order valence-electron chi connectivity index (χ4n) is 2.71. The molecule has 0 amide bonds. The highest BCUT2D eigenvalue weighted by molar-refractivity contribution is 5.00. The van der Waals surface area contributed by atoms with Gasteiger partial charge in [0.25, 0.3) is 0 Å². The van der Waals surface area contributed by atoms with Crippen molar-refractivity contribution in [2.45, 2.75) is 103 Å². The average Bonchev–Trinajstić information content (AvgIpc) is 2.91. The summed E-state index contributed by atoms with van der Waals surface area (Å²) in [4.78, 5) is 0. The molecule has 0 saturated carbocycles. The second-order valence-corrected chi connectivity index (χ2v) is 9.92. The minimum atomic E-state index is -9.58. The lowest BCUT2D eigenvalue weighted by Crippen LogP contribution is -2.73. The lowest BCUT2D eigenvalue weighted by Gasteiger charge is -2.44. The van der Waals surface area contributed by atoms with Gasteiger partial charge in [-0.1, -0.05) is 0 Å². The molecule has 0 unspecified atom stereocenters. The van der Waals surface area contributed by atoms with Crippen LogP contribution in [0.3, 0.4) is 0 Å². The molecule has 0 aromatic heterocycles. The molecule has 6 nitrogen and oxygen atoms in total. The van der Waals surface area contributed by atoms with E-state index in [1.54, 1.807) is 0 Å². The van der Waals surface area contributed by atoms with E-state index < -0.39 is 109 Å². The fraction of sp³-hybridized carbons (Fsp3) is 1.00. The summed E-state index contributed by atoms with van der Waals surface area (Å²) >= 11 is 0. The molecule has 0 fully saturated rings. The van der Waals surface area contributed by atoms with Crippen LogP contribution < -0.4 is 0 Å². The van der Waals surface area contributed by atoms with E-state index in [1.165, 1.54) is 4.74 Å². The average molecular weight is 980 g/mol. The van der Waals surface area contributed by atoms with Crippen molar-refractivity contribution in [3.05, 3.63) is 0 Å². The second kappa shape index (κ2) is 14.7. The van der Waals surface area contributed by atoms with Crippen molar-refractivity contribution in [2.75, 3.05) is 6.61 Å². The van der Waals surface area contributed by atoms with E-state index in [2.05, 4.69) is 0 Å². The van der Waals surface area contributed by atoms with Crippen LogP contribution in [0.2, 0.25) is 0 Å². The summed E-state index contributed by atoms with van der Waals surface area (Å²) < 4.78 is 472. The molecule has 356 valence electrons. The summed E-state index contributed by atoms with van der Waals surface area (Å²) in [6.45, 7) is -3.90. The minimum Gasteiger partial charge on any atom is -0.390 e. The van der Waals surface area contributed by atoms with Crippen LogP contribution in [0.4, 0.5) is 154 Å². The molecular formula is C18H3F35O6. The Labute approximate surface area is 293 Å². The van der Waals surface area contributed by atoms with Crippen molar-refractivity contribution in [1.82, 2.24) is 0 Å². The Hall–Kier alpha value is -2.69. The van der Waals surface area contributed by atoms with Crippen LogP contribution in [-0.4, -0.2) is 115 Å². The molecule has 0 aliphatic carbocycles. The van der Waals surface area contributed by atoms with Crippen molar-refractivity contribution in [2.24, 2.45) is 0 Å². The van der Waals surface area contributed by atoms with Crippen molar-refractivity contribution in [3.8, 4) is 0 Å². The fourth-order valence-corrected chi connectivity index (χ4v) is 2.71. The van der Waals surface area contributed by atoms with E-state index in [9.17, 15) is 154 Å². The molecule has 0 aliphatic heterocycles. The first-order chi connectivity index (χ1) is 24.8. The Bertz CT molecular complexity index is 1450. The number of ether oxygens (including phenoxy) is 5. The Morgan fingerprint density at radius 2 is 0.424 bits per heavy atom. The predicted octanol–water partition coefficient (Wildman–Crippen LogP) is 10.4. The smallest absolute Gasteiger partial charge is 0.390 e. The van der Waals surface area contributed by atoms with Crippen LogP contribution in [0.5, 0.6) is 0 Å². The van der Waals surface area contributed by atoms with Gasteiger partial charge in [-0.05, 0) is 0 Å². The number of hydrogen-bond donors (Lipinski definition) is 1. The molecule has 0 aliphatic rings. The Kier molecular flexibility index (Phi) is 14.0. The first-order valence-corrected chi connectivity index (χ1v) is 12.1. The molecule has 59 heavy (non-hydrogen) atoms. The third-order valence-electron chi connectivity index (χ3n) is 5.67. The number of alkyl halides is 35. The van der Waals surface area contributed by atoms with Gasteiger partial charge in [0, 0.05) is 0 Å². The summed E-state index contributed by atoms with van der Waals surface area (Å²) in [7, 11) is 0. The summed E-state index contributed by atoms with van der Waals surface area (Å²) in [6, 6.07) is 0. The Balaban J connectivity index is 7.96. The third-order valence-corrected chi connectivity index (χ3v) is 5.67. The van der Waals surface area contributed by atoms with Crippen LogP contribution in [-0.2, 0) is 23.7 Å². The maximum Gasteiger partial charge on any atom is 0.462 e. The summed E-state index contributed by atoms with van der Waals surface area (Å²) in [5.74, 6) is -52.8. The number of aliphatic hydroxyl groups is 1. The molecule has 1 N–H and O–H groups in total. The highest BCUT2D eigenvalue weighted by Crippen LogP contribution is 2.62. The minimum absolute atomic E-state index is 0.705. The SMILES string of the molecule is OC[C@](F)(OC(F)(F)[C@](F)(OC(F)(F)[C@](F)(OC(F)(F)[C@@](F)(OC(F)(F)[C@](F)(OC(F)(F)C(F)(F)C(F)(F)F)C(F)(F)F)C(F)(F)F)C(F)(F)F)C(F)(F)F)C(F)(F)F. The number of hydrogen-bond acceptors (Lipinski definition) is 6. The molecule has 5 atom stereocenters. The van der Waals surface area contributed by atoms with Crippen LogP contribution in [0, 0.1) is 0 Å². The highest BCUT2D eigenvalue weighted by atomic mass is 19.5. The normalized spacial score (nSPS) is 20.9. The second-order valence-electron chi connectivity index (χ2n) is 9.92. The van der Waals surface area contributed by atoms with Gasteiger partial charge in [-0.2, -0.15) is 154 Å². The molecule has 0 aromatic rings. The third kappa shape index (κ3) is 9.40. The van der Waals surface area contributed by atoms with Gasteiger partial charge in [-0.25, -0.2) is 0 Å². The molecule has 41 heteroatoms. The predicted molar refractivity (Wildman–Crippen MR) is 97.7 cm³/mol. The van der Waals surface area contributed by atoms with Crippen LogP contribution >= 0.6 is 0 Å². The van der Waals surface area contributed by atoms with Crippen LogP contribution in [0.15, 0.2) is 0 Å². The van der Waals surface area contributed by atoms with E-state index in [4.69, 9.17) is 5.11 Å². The maximum atomic E-state index is 14.6. The standard InChI is InChI=1S/C18H3F35O6/c19-2(1-54,8(26,27)28)55-15(46,47)4(22,10(32,33)34)57-17(50,51)6(24,12(38,39)40)59-18(52,53)7(25,13(41,42)43)58-16(48,49)5(23,11(35,36)37)56-14(44,45)3(20,21)9(29,30)31/h54H,1H2/t2-,4+,5+,6+,7-/m0/s1. The quantitative estimate of drug-likeness (QED) is 0.156. The van der Waals surface area contributed by atoms with Gasteiger partial charge in [0.2, 0.25) is 0 Å². The lowest BCUT2D eigenvalue weighted by atomic mass is 10.2. The van der Waals surface area contributed by atoms with Gasteiger partial charge < -0.3 is 5.11 Å². The van der Waals surface area contributed by atoms with Gasteiger partial charge >= 0.3 is 103 Å². The highest BCUT2D eigenvalue weighted by Gasteiger charge is 2.91. The van der Waals surface area contributed by atoms with E-state index in [0.717, 1.165) is 9.47 Å². The molecule has 0 aromatic carbocycles. The van der Waals surface area contributed by atoms with E-state index in [0.29, 0.717) is 9.47 Å². The number of halogens is 35. The topological polar surface area (TPSA) is 66.4 Å². The largest absolute Gasteiger partial charge is 0.462 e. The Morgan fingerprint density at radius 3 is 0.576 bits per heavy atom. The van der Waals surface area contributed by atoms with Crippen LogP contribution in [0.1, 0.15) is 0 Å². The first kappa shape index (κ1) is 56.3. The molecular weight excluding hydrogens is 977 g/mol. The van der Waals surface area contributed by atoms with E-state index in [1.807, 2.05) is 0 Å². The molecule has 0 radical (unpaired) electrons. The van der Waals surface area contributed by atoms with Gasteiger partial charge in [-0.3, -0.25) is 23.7 Å². The van der Waals surface area contributed by atoms with Crippen molar-refractivity contribution in [3.63, 3.8) is 0 Å². The number of rotatable bonds is 16. The molecule has 0 heterocycles. The first-order valence-electron chi connectivity index (χ1n) is 12.1. The molecule has 0 spiro atoms. The monoisotopic (exact) mass is 980 g/mol. The maximum absolute atomic E-state index is 14.6. The zero-order valence-corrected chi connectivity index (χ0v) is 24.9. The van der Waals surface area contributed by atoms with Crippen molar-refractivity contribution < 1.29 is 182 Å². The van der Waals surface area contributed by atoms with Gasteiger partial charge in [0.05, 0.1) is 0 Å². The summed E-state index contributed by atoms with van der Waals surface area (Å²) in [6.07, 6.45) is -97.2. The lowest BCUT2D eigenvalue weighted by molar-refractivity contribution is -0.600. The van der Waals surface area contributed by atoms with Gasteiger partial charge in [0.15, 0.2) is 0 Å². The van der Waals surface area contributed by atoms with Crippen molar-refractivity contribution in [1.29, 1.82) is 0 Å². The number of aliphatic hydroxyl groups excluding tert-OH is 1. The van der Waals surface area contributed by atoms with Crippen molar-refractivity contribution >= 4 is 0 Å². The van der Waals surface area contributed by atoms with E-state index in [-0.39, 0.29) is 0 Å². The molecule has 0 rings (SSSR count). The summed E-state index contributed by atoms with van der Waals surface area (Å²) in [5.41, 5.74) is 0. The zero-order valence-electron chi connectivity index (χ0n) is 24.9. The van der Waals surface area contributed by atoms with Crippen LogP contribution in [0.25, 0.3) is 0 Å². The molecule has 0 bridgehead atoms. The Morgan fingerprint density at radius 1 is 0.237 bits per heavy atom. The summed E-state index contributed by atoms with van der Waals surface area (Å²) in [5, 5.41) is 8.13. The zero-order chi connectivity index (χ0) is 48.7. The van der Waals surface area contributed by atoms with Gasteiger partial charge in [-0.15, -0.1) is 0 Å². The molecule has 0 saturated heterocycles.